The third kappa shape index (κ3) is 4.56. The number of amides is 2. The molecule has 1 atom stereocenters. The van der Waals surface area contributed by atoms with Crippen LogP contribution >= 0.6 is 0 Å². The first-order chi connectivity index (χ1) is 11.3. The minimum Gasteiger partial charge on any atom is -0.340 e. The SMILES string of the molecule is CCC1CCCN1C(=O)CCS(=O)(=O)c1ccc(NC(C)=O)cc1. The van der Waals surface area contributed by atoms with E-state index in [0.717, 1.165) is 25.8 Å². The molecule has 1 fully saturated rings. The Hall–Kier alpha value is -1.89. The molecule has 1 aliphatic rings. The third-order valence-electron chi connectivity index (χ3n) is 4.29. The van der Waals surface area contributed by atoms with E-state index in [1.165, 1.54) is 19.1 Å². The smallest absolute Gasteiger partial charge is 0.223 e. The number of hydrogen-bond acceptors (Lipinski definition) is 4. The van der Waals surface area contributed by atoms with Gasteiger partial charge in [0.25, 0.3) is 0 Å². The molecule has 0 aliphatic carbocycles. The molecule has 132 valence electrons. The van der Waals surface area contributed by atoms with Gasteiger partial charge in [-0.15, -0.1) is 0 Å². The van der Waals surface area contributed by atoms with Crippen LogP contribution in [0.1, 0.15) is 39.5 Å². The molecule has 1 saturated heterocycles. The first-order valence-electron chi connectivity index (χ1n) is 8.23. The molecule has 0 aromatic heterocycles. The van der Waals surface area contributed by atoms with Crippen molar-refractivity contribution in [3.05, 3.63) is 24.3 Å². The van der Waals surface area contributed by atoms with Gasteiger partial charge in [-0.05, 0) is 43.5 Å². The van der Waals surface area contributed by atoms with Crippen LogP contribution in [0.3, 0.4) is 0 Å². The predicted molar refractivity (Wildman–Crippen MR) is 92.4 cm³/mol. The number of benzene rings is 1. The van der Waals surface area contributed by atoms with Crippen molar-refractivity contribution >= 4 is 27.3 Å². The van der Waals surface area contributed by atoms with Gasteiger partial charge < -0.3 is 10.2 Å². The Morgan fingerprint density at radius 3 is 2.50 bits per heavy atom. The maximum atomic E-state index is 12.4. The van der Waals surface area contributed by atoms with E-state index in [1.54, 1.807) is 12.1 Å². The summed E-state index contributed by atoms with van der Waals surface area (Å²) in [5, 5.41) is 2.59. The van der Waals surface area contributed by atoms with Crippen LogP contribution in [0.5, 0.6) is 0 Å². The lowest BCUT2D eigenvalue weighted by atomic mass is 10.1. The summed E-state index contributed by atoms with van der Waals surface area (Å²) in [5.41, 5.74) is 0.542. The molecular weight excluding hydrogens is 328 g/mol. The van der Waals surface area contributed by atoms with Gasteiger partial charge in [-0.2, -0.15) is 0 Å². The van der Waals surface area contributed by atoms with Crippen molar-refractivity contribution in [2.24, 2.45) is 0 Å². The Kier molecular flexibility index (Phi) is 5.99. The summed E-state index contributed by atoms with van der Waals surface area (Å²) in [6.07, 6.45) is 2.90. The highest BCUT2D eigenvalue weighted by atomic mass is 32.2. The van der Waals surface area contributed by atoms with Crippen LogP contribution in [0, 0.1) is 0 Å². The summed E-state index contributed by atoms with van der Waals surface area (Å²) in [6.45, 7) is 4.16. The van der Waals surface area contributed by atoms with Crippen molar-refractivity contribution in [3.8, 4) is 0 Å². The second-order valence-electron chi connectivity index (χ2n) is 6.07. The maximum absolute atomic E-state index is 12.4. The third-order valence-corrected chi connectivity index (χ3v) is 6.02. The molecule has 0 radical (unpaired) electrons. The molecule has 1 heterocycles. The van der Waals surface area contributed by atoms with Gasteiger partial charge in [0, 0.05) is 31.6 Å². The maximum Gasteiger partial charge on any atom is 0.223 e. The predicted octanol–water partition coefficient (Wildman–Crippen LogP) is 2.21. The Balaban J connectivity index is 1.98. The molecule has 1 unspecified atom stereocenters. The van der Waals surface area contributed by atoms with Gasteiger partial charge in [0.1, 0.15) is 0 Å². The Labute approximate surface area is 143 Å². The summed E-state index contributed by atoms with van der Waals surface area (Å²) in [4.78, 5) is 25.2. The van der Waals surface area contributed by atoms with Gasteiger partial charge in [-0.1, -0.05) is 6.92 Å². The van der Waals surface area contributed by atoms with Gasteiger partial charge in [0.05, 0.1) is 10.6 Å². The molecule has 1 aromatic rings. The number of anilines is 1. The van der Waals surface area contributed by atoms with Crippen molar-refractivity contribution in [3.63, 3.8) is 0 Å². The zero-order valence-corrected chi connectivity index (χ0v) is 14.9. The van der Waals surface area contributed by atoms with Crippen LogP contribution in [-0.2, 0) is 19.4 Å². The topological polar surface area (TPSA) is 83.6 Å². The van der Waals surface area contributed by atoms with E-state index in [0.29, 0.717) is 5.69 Å². The minimum atomic E-state index is -3.51. The van der Waals surface area contributed by atoms with Crippen molar-refractivity contribution in [2.45, 2.75) is 50.5 Å². The number of likely N-dealkylation sites (tertiary alicyclic amines) is 1. The van der Waals surface area contributed by atoms with Crippen molar-refractivity contribution in [2.75, 3.05) is 17.6 Å². The second kappa shape index (κ2) is 7.79. The average Bonchev–Trinajstić information content (AvgIpc) is 3.01. The number of rotatable bonds is 6. The number of carbonyl (C=O) groups is 2. The van der Waals surface area contributed by atoms with Crippen LogP contribution in [0.4, 0.5) is 5.69 Å². The largest absolute Gasteiger partial charge is 0.340 e. The Bertz CT molecular complexity index is 698. The molecule has 24 heavy (non-hydrogen) atoms. The zero-order chi connectivity index (χ0) is 17.7. The molecule has 1 aromatic carbocycles. The molecule has 0 bridgehead atoms. The summed E-state index contributed by atoms with van der Waals surface area (Å²) in [5.74, 6) is -0.497. The van der Waals surface area contributed by atoms with E-state index >= 15 is 0 Å². The highest BCUT2D eigenvalue weighted by Gasteiger charge is 2.28. The normalized spacial score (nSPS) is 17.8. The van der Waals surface area contributed by atoms with E-state index in [9.17, 15) is 18.0 Å². The van der Waals surface area contributed by atoms with Crippen molar-refractivity contribution in [1.29, 1.82) is 0 Å². The highest BCUT2D eigenvalue weighted by molar-refractivity contribution is 7.91. The lowest BCUT2D eigenvalue weighted by Gasteiger charge is -2.23. The van der Waals surface area contributed by atoms with E-state index in [2.05, 4.69) is 5.32 Å². The molecule has 2 rings (SSSR count). The monoisotopic (exact) mass is 352 g/mol. The summed E-state index contributed by atoms with van der Waals surface area (Å²) >= 11 is 0. The Morgan fingerprint density at radius 1 is 1.25 bits per heavy atom. The van der Waals surface area contributed by atoms with Crippen LogP contribution in [-0.4, -0.2) is 43.5 Å². The zero-order valence-electron chi connectivity index (χ0n) is 14.1. The molecule has 1 aliphatic heterocycles. The van der Waals surface area contributed by atoms with E-state index in [-0.39, 0.29) is 34.9 Å². The minimum absolute atomic E-state index is 0.00623. The van der Waals surface area contributed by atoms with Crippen molar-refractivity contribution < 1.29 is 18.0 Å². The fourth-order valence-corrected chi connectivity index (χ4v) is 4.25. The van der Waals surface area contributed by atoms with Gasteiger partial charge in [0.15, 0.2) is 9.84 Å². The van der Waals surface area contributed by atoms with Crippen LogP contribution in [0.25, 0.3) is 0 Å². The van der Waals surface area contributed by atoms with Crippen LogP contribution in [0.15, 0.2) is 29.2 Å². The van der Waals surface area contributed by atoms with E-state index in [1.807, 2.05) is 11.8 Å². The molecule has 0 saturated carbocycles. The number of hydrogen-bond donors (Lipinski definition) is 1. The van der Waals surface area contributed by atoms with Gasteiger partial charge in [-0.3, -0.25) is 9.59 Å². The highest BCUT2D eigenvalue weighted by Crippen LogP contribution is 2.22. The molecule has 0 spiro atoms. The van der Waals surface area contributed by atoms with Gasteiger partial charge >= 0.3 is 0 Å². The number of carbonyl (C=O) groups excluding carboxylic acids is 2. The van der Waals surface area contributed by atoms with Crippen LogP contribution in [0.2, 0.25) is 0 Å². The molecule has 6 nitrogen and oxygen atoms in total. The van der Waals surface area contributed by atoms with Crippen molar-refractivity contribution in [1.82, 2.24) is 4.90 Å². The lowest BCUT2D eigenvalue weighted by Crippen LogP contribution is -2.36. The lowest BCUT2D eigenvalue weighted by molar-refractivity contribution is -0.131. The van der Waals surface area contributed by atoms with Crippen LogP contribution < -0.4 is 5.32 Å². The average molecular weight is 352 g/mol. The van der Waals surface area contributed by atoms with Gasteiger partial charge in [-0.25, -0.2) is 8.42 Å². The molecule has 2 amide bonds. The Morgan fingerprint density at radius 2 is 1.92 bits per heavy atom. The number of nitrogens with one attached hydrogen (secondary N) is 1. The number of sulfone groups is 1. The summed E-state index contributed by atoms with van der Waals surface area (Å²) in [7, 11) is -3.51. The fourth-order valence-electron chi connectivity index (χ4n) is 3.02. The first kappa shape index (κ1) is 18.4. The molecular formula is C17H24N2O4S. The van der Waals surface area contributed by atoms with Gasteiger partial charge in [0.2, 0.25) is 11.8 Å². The quantitative estimate of drug-likeness (QED) is 0.851. The van der Waals surface area contributed by atoms with E-state index in [4.69, 9.17) is 0 Å². The molecule has 1 N–H and O–H groups in total. The standard InChI is InChI=1S/C17H24N2O4S/c1-3-15-5-4-11-19(15)17(21)10-12-24(22,23)16-8-6-14(7-9-16)18-13(2)20/h6-9,15H,3-5,10-12H2,1-2H3,(H,18,20). The summed E-state index contributed by atoms with van der Waals surface area (Å²) < 4.78 is 24.8. The number of nitrogens with zero attached hydrogens (tertiary/aromatic N) is 1. The summed E-state index contributed by atoms with van der Waals surface area (Å²) in [6, 6.07) is 6.25. The first-order valence-corrected chi connectivity index (χ1v) is 9.88. The van der Waals surface area contributed by atoms with E-state index < -0.39 is 9.84 Å². The fraction of sp³-hybridized carbons (Fsp3) is 0.529. The second-order valence-corrected chi connectivity index (χ2v) is 8.18. The molecule has 7 heteroatoms.